The fraction of sp³-hybridized carbons (Fsp3) is 0.556. The summed E-state index contributed by atoms with van der Waals surface area (Å²) in [5, 5.41) is 2.91. The van der Waals surface area contributed by atoms with Crippen LogP contribution in [0.3, 0.4) is 0 Å². The molecule has 1 aromatic carbocycles. The van der Waals surface area contributed by atoms with Crippen molar-refractivity contribution in [3.05, 3.63) is 35.9 Å². The van der Waals surface area contributed by atoms with Crippen LogP contribution in [0.5, 0.6) is 0 Å². The SMILES string of the molecule is CC(=O)N(CCC(=O)NCCc1ccccc1)CCC(C)C. The predicted molar refractivity (Wildman–Crippen MR) is 89.5 cm³/mol. The van der Waals surface area contributed by atoms with E-state index in [-0.39, 0.29) is 11.8 Å². The van der Waals surface area contributed by atoms with Crippen molar-refractivity contribution in [2.75, 3.05) is 19.6 Å². The average molecular weight is 304 g/mol. The first kappa shape index (κ1) is 18.2. The largest absolute Gasteiger partial charge is 0.356 e. The first-order valence-electron chi connectivity index (χ1n) is 8.05. The highest BCUT2D eigenvalue weighted by Gasteiger charge is 2.11. The van der Waals surface area contributed by atoms with Crippen molar-refractivity contribution < 1.29 is 9.59 Å². The lowest BCUT2D eigenvalue weighted by molar-refractivity contribution is -0.129. The van der Waals surface area contributed by atoms with Gasteiger partial charge in [0, 0.05) is 33.0 Å². The van der Waals surface area contributed by atoms with Gasteiger partial charge in [-0.15, -0.1) is 0 Å². The van der Waals surface area contributed by atoms with E-state index in [9.17, 15) is 9.59 Å². The molecule has 0 unspecified atom stereocenters. The van der Waals surface area contributed by atoms with Gasteiger partial charge in [-0.25, -0.2) is 0 Å². The monoisotopic (exact) mass is 304 g/mol. The number of nitrogens with one attached hydrogen (secondary N) is 1. The molecule has 0 aliphatic heterocycles. The number of amides is 2. The van der Waals surface area contributed by atoms with E-state index in [2.05, 4.69) is 31.3 Å². The molecule has 0 bridgehead atoms. The van der Waals surface area contributed by atoms with Gasteiger partial charge in [0.05, 0.1) is 0 Å². The van der Waals surface area contributed by atoms with E-state index in [0.29, 0.717) is 25.4 Å². The van der Waals surface area contributed by atoms with E-state index in [1.807, 2.05) is 18.2 Å². The van der Waals surface area contributed by atoms with Gasteiger partial charge in [0.15, 0.2) is 0 Å². The summed E-state index contributed by atoms with van der Waals surface area (Å²) in [5.74, 6) is 0.603. The highest BCUT2D eigenvalue weighted by atomic mass is 16.2. The topological polar surface area (TPSA) is 49.4 Å². The van der Waals surface area contributed by atoms with Crippen LogP contribution in [0.4, 0.5) is 0 Å². The Morgan fingerprint density at radius 2 is 1.82 bits per heavy atom. The van der Waals surface area contributed by atoms with E-state index in [0.717, 1.165) is 19.4 Å². The highest BCUT2D eigenvalue weighted by Crippen LogP contribution is 2.03. The quantitative estimate of drug-likeness (QED) is 0.762. The molecule has 0 heterocycles. The standard InChI is InChI=1S/C18H28N2O2/c1-15(2)10-13-20(16(3)21)14-11-18(22)19-12-9-17-7-5-4-6-8-17/h4-8,15H,9-14H2,1-3H3,(H,19,22). The second-order valence-corrected chi connectivity index (χ2v) is 6.02. The Balaban J connectivity index is 2.24. The minimum Gasteiger partial charge on any atom is -0.356 e. The summed E-state index contributed by atoms with van der Waals surface area (Å²) in [4.78, 5) is 25.2. The highest BCUT2D eigenvalue weighted by molar-refractivity contribution is 5.78. The van der Waals surface area contributed by atoms with E-state index in [1.165, 1.54) is 5.56 Å². The molecule has 22 heavy (non-hydrogen) atoms. The van der Waals surface area contributed by atoms with Gasteiger partial charge in [0.2, 0.25) is 11.8 Å². The molecular weight excluding hydrogens is 276 g/mol. The second kappa shape index (κ2) is 9.98. The second-order valence-electron chi connectivity index (χ2n) is 6.02. The van der Waals surface area contributed by atoms with Gasteiger partial charge in [-0.2, -0.15) is 0 Å². The normalized spacial score (nSPS) is 10.5. The summed E-state index contributed by atoms with van der Waals surface area (Å²) < 4.78 is 0. The van der Waals surface area contributed by atoms with Gasteiger partial charge < -0.3 is 10.2 Å². The van der Waals surface area contributed by atoms with Crippen LogP contribution in [-0.4, -0.2) is 36.3 Å². The minimum atomic E-state index is 0.00623. The summed E-state index contributed by atoms with van der Waals surface area (Å²) in [5.41, 5.74) is 1.21. The van der Waals surface area contributed by atoms with Gasteiger partial charge in [-0.3, -0.25) is 9.59 Å². The molecule has 0 aliphatic rings. The molecule has 0 aromatic heterocycles. The van der Waals surface area contributed by atoms with Crippen molar-refractivity contribution >= 4 is 11.8 Å². The maximum absolute atomic E-state index is 11.8. The van der Waals surface area contributed by atoms with Crippen LogP contribution in [0, 0.1) is 5.92 Å². The van der Waals surface area contributed by atoms with Crippen LogP contribution in [0.15, 0.2) is 30.3 Å². The number of hydrogen-bond donors (Lipinski definition) is 1. The third-order valence-corrected chi connectivity index (χ3v) is 3.61. The Bertz CT molecular complexity index is 457. The molecule has 0 radical (unpaired) electrons. The molecule has 1 N–H and O–H groups in total. The Hall–Kier alpha value is -1.84. The Labute approximate surface area is 133 Å². The zero-order valence-electron chi connectivity index (χ0n) is 14.0. The van der Waals surface area contributed by atoms with Crippen LogP contribution in [0.25, 0.3) is 0 Å². The number of nitrogens with zero attached hydrogens (tertiary/aromatic N) is 1. The molecule has 0 aliphatic carbocycles. The van der Waals surface area contributed by atoms with Crippen molar-refractivity contribution in [3.63, 3.8) is 0 Å². The van der Waals surface area contributed by atoms with E-state index in [4.69, 9.17) is 0 Å². The van der Waals surface area contributed by atoms with E-state index < -0.39 is 0 Å². The Morgan fingerprint density at radius 1 is 1.14 bits per heavy atom. The third kappa shape index (κ3) is 7.81. The zero-order valence-corrected chi connectivity index (χ0v) is 14.0. The van der Waals surface area contributed by atoms with Crippen molar-refractivity contribution in [1.82, 2.24) is 10.2 Å². The van der Waals surface area contributed by atoms with Gasteiger partial charge >= 0.3 is 0 Å². The fourth-order valence-corrected chi connectivity index (χ4v) is 2.16. The third-order valence-electron chi connectivity index (χ3n) is 3.61. The summed E-state index contributed by atoms with van der Waals surface area (Å²) in [7, 11) is 0. The molecule has 4 heteroatoms. The minimum absolute atomic E-state index is 0.00623. The lowest BCUT2D eigenvalue weighted by Gasteiger charge is -2.21. The van der Waals surface area contributed by atoms with Crippen LogP contribution in [-0.2, 0) is 16.0 Å². The van der Waals surface area contributed by atoms with Crippen LogP contribution in [0.2, 0.25) is 0 Å². The van der Waals surface area contributed by atoms with Crippen LogP contribution >= 0.6 is 0 Å². The molecule has 0 atom stereocenters. The number of carbonyl (C=O) groups is 2. The molecule has 0 saturated carbocycles. The van der Waals surface area contributed by atoms with Gasteiger partial charge in [-0.05, 0) is 24.3 Å². The van der Waals surface area contributed by atoms with Crippen molar-refractivity contribution in [1.29, 1.82) is 0 Å². The maximum atomic E-state index is 11.8. The predicted octanol–water partition coefficient (Wildman–Crippen LogP) is 2.63. The molecule has 4 nitrogen and oxygen atoms in total. The summed E-state index contributed by atoms with van der Waals surface area (Å²) >= 11 is 0. The maximum Gasteiger partial charge on any atom is 0.221 e. The first-order chi connectivity index (χ1) is 10.5. The van der Waals surface area contributed by atoms with Crippen molar-refractivity contribution in [2.45, 2.75) is 40.0 Å². The lowest BCUT2D eigenvalue weighted by atomic mass is 10.1. The lowest BCUT2D eigenvalue weighted by Crippen LogP contribution is -2.35. The van der Waals surface area contributed by atoms with Crippen LogP contribution < -0.4 is 5.32 Å². The number of hydrogen-bond acceptors (Lipinski definition) is 2. The molecule has 0 spiro atoms. The van der Waals surface area contributed by atoms with Gasteiger partial charge in [0.1, 0.15) is 0 Å². The zero-order chi connectivity index (χ0) is 16.4. The molecule has 1 rings (SSSR count). The smallest absolute Gasteiger partial charge is 0.221 e. The molecular formula is C18H28N2O2. The molecule has 0 fully saturated rings. The van der Waals surface area contributed by atoms with E-state index in [1.54, 1.807) is 11.8 Å². The summed E-state index contributed by atoms with van der Waals surface area (Å²) in [6.45, 7) is 7.69. The molecule has 0 saturated heterocycles. The van der Waals surface area contributed by atoms with Gasteiger partial charge in [0.25, 0.3) is 0 Å². The van der Waals surface area contributed by atoms with Crippen molar-refractivity contribution in [3.8, 4) is 0 Å². The summed E-state index contributed by atoms with van der Waals surface area (Å²) in [6, 6.07) is 10.1. The van der Waals surface area contributed by atoms with Crippen LogP contribution in [0.1, 0.15) is 39.2 Å². The average Bonchev–Trinajstić information content (AvgIpc) is 2.47. The molecule has 2 amide bonds. The van der Waals surface area contributed by atoms with Crippen molar-refractivity contribution in [2.24, 2.45) is 5.92 Å². The molecule has 122 valence electrons. The Kier molecular flexibility index (Phi) is 8.26. The number of rotatable bonds is 9. The number of carbonyl (C=O) groups excluding carboxylic acids is 2. The first-order valence-corrected chi connectivity index (χ1v) is 8.05. The number of benzene rings is 1. The van der Waals surface area contributed by atoms with Gasteiger partial charge in [-0.1, -0.05) is 44.2 Å². The fourth-order valence-electron chi connectivity index (χ4n) is 2.16. The summed E-state index contributed by atoms with van der Waals surface area (Å²) in [6.07, 6.45) is 2.16. The molecule has 1 aromatic rings. The van der Waals surface area contributed by atoms with E-state index >= 15 is 0 Å². The Morgan fingerprint density at radius 3 is 2.41 bits per heavy atom.